The third-order valence-corrected chi connectivity index (χ3v) is 4.55. The van der Waals surface area contributed by atoms with Crippen molar-refractivity contribution in [3.05, 3.63) is 48.0 Å². The summed E-state index contributed by atoms with van der Waals surface area (Å²) in [6.45, 7) is 6.51. The minimum Gasteiger partial charge on any atom is -0.483 e. The Labute approximate surface area is 180 Å². The molecule has 164 valence electrons. The van der Waals surface area contributed by atoms with Gasteiger partial charge in [0.05, 0.1) is 0 Å². The second-order valence-electron chi connectivity index (χ2n) is 7.95. The molecule has 2 aromatic carbocycles. The standard InChI is InChI=1S/C23H26N2O6/c1-14(22(28)25-18-10-8-17(9-11-18)24-15(2)26)30-20(27)13-29-19-7-5-6-16-12-23(3,4)31-21(16)19/h5-11,14H,12-13H2,1-4H3,(H,24,26)(H,25,28). The Morgan fingerprint density at radius 1 is 1.06 bits per heavy atom. The number of anilines is 2. The summed E-state index contributed by atoms with van der Waals surface area (Å²) < 4.78 is 16.7. The van der Waals surface area contributed by atoms with Crippen molar-refractivity contribution in [3.8, 4) is 11.5 Å². The Morgan fingerprint density at radius 2 is 1.71 bits per heavy atom. The second-order valence-corrected chi connectivity index (χ2v) is 7.95. The van der Waals surface area contributed by atoms with Crippen LogP contribution in [0.5, 0.6) is 11.5 Å². The summed E-state index contributed by atoms with van der Waals surface area (Å²) in [5.74, 6) is -0.231. The van der Waals surface area contributed by atoms with E-state index in [1.54, 1.807) is 30.3 Å². The quantitative estimate of drug-likeness (QED) is 0.659. The molecule has 0 spiro atoms. The summed E-state index contributed by atoms with van der Waals surface area (Å²) in [5.41, 5.74) is 1.82. The van der Waals surface area contributed by atoms with Crippen molar-refractivity contribution in [2.45, 2.75) is 45.8 Å². The normalized spacial score (nSPS) is 14.6. The van der Waals surface area contributed by atoms with E-state index in [-0.39, 0.29) is 18.1 Å². The van der Waals surface area contributed by atoms with Crippen LogP contribution in [0.3, 0.4) is 0 Å². The molecular formula is C23H26N2O6. The lowest BCUT2D eigenvalue weighted by molar-refractivity contribution is -0.155. The molecule has 1 heterocycles. The number of nitrogens with one attached hydrogen (secondary N) is 2. The summed E-state index contributed by atoms with van der Waals surface area (Å²) in [7, 11) is 0. The van der Waals surface area contributed by atoms with Gasteiger partial charge in [0.2, 0.25) is 5.91 Å². The maximum Gasteiger partial charge on any atom is 0.344 e. The molecular weight excluding hydrogens is 400 g/mol. The first-order valence-electron chi connectivity index (χ1n) is 9.95. The smallest absolute Gasteiger partial charge is 0.344 e. The number of rotatable bonds is 7. The van der Waals surface area contributed by atoms with Gasteiger partial charge in [-0.3, -0.25) is 9.59 Å². The van der Waals surface area contributed by atoms with Crippen molar-refractivity contribution >= 4 is 29.2 Å². The van der Waals surface area contributed by atoms with Gasteiger partial charge in [-0.15, -0.1) is 0 Å². The highest BCUT2D eigenvalue weighted by molar-refractivity contribution is 5.95. The average molecular weight is 426 g/mol. The van der Waals surface area contributed by atoms with Crippen LogP contribution in [0.4, 0.5) is 11.4 Å². The molecule has 3 rings (SSSR count). The molecule has 1 atom stereocenters. The van der Waals surface area contributed by atoms with Crippen molar-refractivity contribution in [2.24, 2.45) is 0 Å². The molecule has 0 bridgehead atoms. The molecule has 2 amide bonds. The second kappa shape index (κ2) is 9.07. The third kappa shape index (κ3) is 5.97. The van der Waals surface area contributed by atoms with E-state index in [0.29, 0.717) is 22.9 Å². The molecule has 0 aliphatic carbocycles. The summed E-state index contributed by atoms with van der Waals surface area (Å²) in [4.78, 5) is 35.5. The molecule has 2 aromatic rings. The third-order valence-electron chi connectivity index (χ3n) is 4.55. The van der Waals surface area contributed by atoms with Crippen molar-refractivity contribution in [3.63, 3.8) is 0 Å². The molecule has 1 aliphatic rings. The van der Waals surface area contributed by atoms with Gasteiger partial charge in [-0.2, -0.15) is 0 Å². The van der Waals surface area contributed by atoms with Crippen LogP contribution in [0.15, 0.2) is 42.5 Å². The summed E-state index contributed by atoms with van der Waals surface area (Å²) in [6.07, 6.45) is -0.254. The van der Waals surface area contributed by atoms with Crippen LogP contribution in [0.2, 0.25) is 0 Å². The topological polar surface area (TPSA) is 103 Å². The largest absolute Gasteiger partial charge is 0.483 e. The number of carbonyl (C=O) groups excluding carboxylic acids is 3. The molecule has 2 N–H and O–H groups in total. The van der Waals surface area contributed by atoms with Crippen molar-refractivity contribution in [2.75, 3.05) is 17.2 Å². The highest BCUT2D eigenvalue weighted by Crippen LogP contribution is 2.41. The van der Waals surface area contributed by atoms with E-state index in [1.807, 2.05) is 26.0 Å². The molecule has 0 fully saturated rings. The molecule has 8 nitrogen and oxygen atoms in total. The van der Waals surface area contributed by atoms with Crippen molar-refractivity contribution < 1.29 is 28.6 Å². The van der Waals surface area contributed by atoms with Crippen LogP contribution in [-0.2, 0) is 25.5 Å². The first-order valence-corrected chi connectivity index (χ1v) is 9.95. The number of hydrogen-bond donors (Lipinski definition) is 2. The van der Waals surface area contributed by atoms with Gasteiger partial charge in [0.25, 0.3) is 5.91 Å². The highest BCUT2D eigenvalue weighted by atomic mass is 16.6. The van der Waals surface area contributed by atoms with Gasteiger partial charge in [0.15, 0.2) is 24.2 Å². The number of para-hydroxylation sites is 1. The molecule has 31 heavy (non-hydrogen) atoms. The summed E-state index contributed by atoms with van der Waals surface area (Å²) in [5, 5.41) is 5.29. The molecule has 1 unspecified atom stereocenters. The van der Waals surface area contributed by atoms with Gasteiger partial charge < -0.3 is 24.8 Å². The van der Waals surface area contributed by atoms with E-state index in [1.165, 1.54) is 13.8 Å². The van der Waals surface area contributed by atoms with Gasteiger partial charge >= 0.3 is 5.97 Å². The Hall–Kier alpha value is -3.55. The maximum atomic E-state index is 12.3. The lowest BCUT2D eigenvalue weighted by atomic mass is 10.0. The maximum absolute atomic E-state index is 12.3. The average Bonchev–Trinajstić information content (AvgIpc) is 3.01. The zero-order valence-electron chi connectivity index (χ0n) is 18.0. The molecule has 8 heteroatoms. The van der Waals surface area contributed by atoms with E-state index in [4.69, 9.17) is 14.2 Å². The Kier molecular flexibility index (Phi) is 6.48. The zero-order chi connectivity index (χ0) is 22.6. The van der Waals surface area contributed by atoms with Crippen LogP contribution in [0.25, 0.3) is 0 Å². The minimum absolute atomic E-state index is 0.185. The summed E-state index contributed by atoms with van der Waals surface area (Å²) in [6, 6.07) is 12.1. The van der Waals surface area contributed by atoms with E-state index >= 15 is 0 Å². The monoisotopic (exact) mass is 426 g/mol. The van der Waals surface area contributed by atoms with E-state index < -0.39 is 18.0 Å². The minimum atomic E-state index is -1.01. The van der Waals surface area contributed by atoms with E-state index in [0.717, 1.165) is 12.0 Å². The van der Waals surface area contributed by atoms with E-state index in [2.05, 4.69) is 10.6 Å². The molecule has 0 radical (unpaired) electrons. The van der Waals surface area contributed by atoms with Crippen LogP contribution in [0, 0.1) is 0 Å². The summed E-state index contributed by atoms with van der Waals surface area (Å²) >= 11 is 0. The fourth-order valence-electron chi connectivity index (χ4n) is 3.21. The number of amides is 2. The predicted octanol–water partition coefficient (Wildman–Crippen LogP) is 3.31. The van der Waals surface area contributed by atoms with Gasteiger partial charge in [0, 0.05) is 30.3 Å². The van der Waals surface area contributed by atoms with Crippen LogP contribution in [0.1, 0.15) is 33.3 Å². The number of esters is 1. The zero-order valence-corrected chi connectivity index (χ0v) is 18.0. The van der Waals surface area contributed by atoms with E-state index in [9.17, 15) is 14.4 Å². The van der Waals surface area contributed by atoms with Gasteiger partial charge in [0.1, 0.15) is 5.60 Å². The van der Waals surface area contributed by atoms with Crippen molar-refractivity contribution in [1.29, 1.82) is 0 Å². The first-order chi connectivity index (χ1) is 14.6. The van der Waals surface area contributed by atoms with Crippen LogP contribution < -0.4 is 20.1 Å². The Morgan fingerprint density at radius 3 is 2.35 bits per heavy atom. The Balaban J connectivity index is 1.49. The van der Waals surface area contributed by atoms with Gasteiger partial charge in [-0.25, -0.2) is 4.79 Å². The lowest BCUT2D eigenvalue weighted by Gasteiger charge is -2.18. The van der Waals surface area contributed by atoms with Crippen LogP contribution >= 0.6 is 0 Å². The fourth-order valence-corrected chi connectivity index (χ4v) is 3.21. The molecule has 0 aromatic heterocycles. The van der Waals surface area contributed by atoms with Crippen molar-refractivity contribution in [1.82, 2.24) is 0 Å². The number of hydrogen-bond acceptors (Lipinski definition) is 6. The predicted molar refractivity (Wildman–Crippen MR) is 115 cm³/mol. The lowest BCUT2D eigenvalue weighted by Crippen LogP contribution is -2.31. The highest BCUT2D eigenvalue weighted by Gasteiger charge is 2.32. The molecule has 1 aliphatic heterocycles. The van der Waals surface area contributed by atoms with Gasteiger partial charge in [-0.05, 0) is 51.1 Å². The number of benzene rings is 2. The number of carbonyl (C=O) groups is 3. The van der Waals surface area contributed by atoms with Gasteiger partial charge in [-0.1, -0.05) is 12.1 Å². The number of fused-ring (bicyclic) bond motifs is 1. The fraction of sp³-hybridized carbons (Fsp3) is 0.348. The molecule has 0 saturated heterocycles. The first kappa shape index (κ1) is 22.1. The van der Waals surface area contributed by atoms with Crippen LogP contribution in [-0.4, -0.2) is 36.1 Å². The molecule has 0 saturated carbocycles. The Bertz CT molecular complexity index is 984. The number of ether oxygens (including phenoxy) is 3. The SMILES string of the molecule is CC(=O)Nc1ccc(NC(=O)C(C)OC(=O)COc2cccc3c2OC(C)(C)C3)cc1.